The van der Waals surface area contributed by atoms with E-state index in [-0.39, 0.29) is 0 Å². The SMILES string of the molecule is CCCCC1=Cc2c(-c3ccc4c5c(cccc35)CC4)cccc2C1c1cccc2c1Cc1ccccc1-2. The Morgan fingerprint density at radius 1 is 0.632 bits per heavy atom. The van der Waals surface area contributed by atoms with Gasteiger partial charge in [0, 0.05) is 5.92 Å². The van der Waals surface area contributed by atoms with Crippen LogP contribution in [0.1, 0.15) is 71.0 Å². The molecule has 3 aliphatic carbocycles. The van der Waals surface area contributed by atoms with Crippen LogP contribution in [0.2, 0.25) is 0 Å². The van der Waals surface area contributed by atoms with E-state index < -0.39 is 0 Å². The van der Waals surface area contributed by atoms with E-state index in [1.807, 2.05) is 0 Å². The first-order chi connectivity index (χ1) is 18.8. The smallest absolute Gasteiger partial charge is 0.0311 e. The van der Waals surface area contributed by atoms with Crippen molar-refractivity contribution in [3.05, 3.63) is 136 Å². The van der Waals surface area contributed by atoms with Gasteiger partial charge in [0.05, 0.1) is 0 Å². The zero-order valence-corrected chi connectivity index (χ0v) is 22.1. The second kappa shape index (κ2) is 8.57. The Kier molecular flexibility index (Phi) is 4.99. The van der Waals surface area contributed by atoms with Crippen LogP contribution in [-0.4, -0.2) is 0 Å². The van der Waals surface area contributed by atoms with Crippen molar-refractivity contribution in [2.75, 3.05) is 0 Å². The standard InChI is InChI=1S/C38H32/c1-2-3-9-27-23-36-30(31-21-20-25-19-18-24-11-6-15-32(31)37(24)25)14-8-17-34(36)38(27)33-16-7-13-29-28-12-5-4-10-26(28)22-35(29)33/h4-8,10-17,20-21,23,38H,2-3,9,18-19,22H2,1H3. The van der Waals surface area contributed by atoms with Gasteiger partial charge >= 0.3 is 0 Å². The highest BCUT2D eigenvalue weighted by Crippen LogP contribution is 2.51. The molecule has 0 heteroatoms. The lowest BCUT2D eigenvalue weighted by atomic mass is 9.82. The predicted octanol–water partition coefficient (Wildman–Crippen LogP) is 9.90. The summed E-state index contributed by atoms with van der Waals surface area (Å²) in [5, 5.41) is 2.93. The molecule has 0 aromatic heterocycles. The van der Waals surface area contributed by atoms with Crippen molar-refractivity contribution in [1.29, 1.82) is 0 Å². The van der Waals surface area contributed by atoms with Crippen molar-refractivity contribution in [2.45, 2.75) is 51.4 Å². The summed E-state index contributed by atoms with van der Waals surface area (Å²) in [6.45, 7) is 2.31. The fourth-order valence-corrected chi connectivity index (χ4v) is 7.60. The van der Waals surface area contributed by atoms with Crippen molar-refractivity contribution >= 4 is 16.8 Å². The predicted molar refractivity (Wildman–Crippen MR) is 161 cm³/mol. The van der Waals surface area contributed by atoms with Crippen molar-refractivity contribution in [1.82, 2.24) is 0 Å². The molecular formula is C38H32. The molecule has 0 spiro atoms. The molecule has 0 radical (unpaired) electrons. The van der Waals surface area contributed by atoms with Gasteiger partial charge in [0.15, 0.2) is 0 Å². The summed E-state index contributed by atoms with van der Waals surface area (Å²) in [6, 6.07) is 34.8. The minimum atomic E-state index is 0.345. The van der Waals surface area contributed by atoms with Gasteiger partial charge in [-0.25, -0.2) is 0 Å². The molecule has 5 aromatic carbocycles. The molecule has 8 rings (SSSR count). The lowest BCUT2D eigenvalue weighted by Gasteiger charge is -2.22. The van der Waals surface area contributed by atoms with E-state index in [4.69, 9.17) is 0 Å². The van der Waals surface area contributed by atoms with Gasteiger partial charge in [-0.2, -0.15) is 0 Å². The number of aryl methyl sites for hydroxylation is 2. The van der Waals surface area contributed by atoms with Gasteiger partial charge in [0.25, 0.3) is 0 Å². The third kappa shape index (κ3) is 3.16. The summed E-state index contributed by atoms with van der Waals surface area (Å²) < 4.78 is 0. The summed E-state index contributed by atoms with van der Waals surface area (Å²) >= 11 is 0. The second-order valence-corrected chi connectivity index (χ2v) is 11.4. The monoisotopic (exact) mass is 488 g/mol. The Labute approximate surface area is 225 Å². The van der Waals surface area contributed by atoms with Crippen molar-refractivity contribution in [3.8, 4) is 22.3 Å². The normalized spacial score (nSPS) is 16.4. The minimum absolute atomic E-state index is 0.345. The van der Waals surface area contributed by atoms with Crippen LogP contribution in [-0.2, 0) is 19.3 Å². The molecule has 38 heavy (non-hydrogen) atoms. The largest absolute Gasteiger partial charge is 0.0654 e. The van der Waals surface area contributed by atoms with Gasteiger partial charge in [-0.3, -0.25) is 0 Å². The number of fused-ring (bicyclic) bond motifs is 4. The Morgan fingerprint density at radius 3 is 2.26 bits per heavy atom. The van der Waals surface area contributed by atoms with Gasteiger partial charge in [-0.1, -0.05) is 116 Å². The Morgan fingerprint density at radius 2 is 1.37 bits per heavy atom. The fraction of sp³-hybridized carbons (Fsp3) is 0.211. The van der Waals surface area contributed by atoms with E-state index in [1.54, 1.807) is 5.57 Å². The molecule has 0 saturated carbocycles. The maximum absolute atomic E-state index is 2.57. The number of hydrogen-bond acceptors (Lipinski definition) is 0. The second-order valence-electron chi connectivity index (χ2n) is 11.4. The van der Waals surface area contributed by atoms with Crippen molar-refractivity contribution < 1.29 is 0 Å². The summed E-state index contributed by atoms with van der Waals surface area (Å²) in [4.78, 5) is 0. The van der Waals surface area contributed by atoms with Crippen LogP contribution in [0.5, 0.6) is 0 Å². The number of unbranched alkanes of at least 4 members (excludes halogenated alkanes) is 1. The summed E-state index contributed by atoms with van der Waals surface area (Å²) in [5.41, 5.74) is 17.7. The third-order valence-electron chi connectivity index (χ3n) is 9.34. The first-order valence-electron chi connectivity index (χ1n) is 14.4. The molecule has 0 bridgehead atoms. The van der Waals surface area contributed by atoms with Gasteiger partial charge in [-0.15, -0.1) is 0 Å². The molecule has 184 valence electrons. The average Bonchev–Trinajstić information content (AvgIpc) is 3.66. The molecule has 0 nitrogen and oxygen atoms in total. The highest BCUT2D eigenvalue weighted by molar-refractivity contribution is 6.03. The quantitative estimate of drug-likeness (QED) is 0.226. The summed E-state index contributed by atoms with van der Waals surface area (Å²) in [5.74, 6) is 0.345. The molecule has 0 aliphatic heterocycles. The molecule has 0 saturated heterocycles. The van der Waals surface area contributed by atoms with Crippen LogP contribution in [0.25, 0.3) is 39.1 Å². The highest BCUT2D eigenvalue weighted by atomic mass is 14.4. The van der Waals surface area contributed by atoms with E-state index in [0.717, 1.165) is 12.8 Å². The Hall–Kier alpha value is -3.90. The molecular weight excluding hydrogens is 456 g/mol. The van der Waals surface area contributed by atoms with E-state index in [2.05, 4.69) is 104 Å². The van der Waals surface area contributed by atoms with E-state index in [0.29, 0.717) is 5.92 Å². The third-order valence-corrected chi connectivity index (χ3v) is 9.34. The maximum Gasteiger partial charge on any atom is 0.0311 e. The van der Waals surface area contributed by atoms with Crippen LogP contribution in [0.4, 0.5) is 0 Å². The topological polar surface area (TPSA) is 0 Å². The zero-order chi connectivity index (χ0) is 25.2. The van der Waals surface area contributed by atoms with Crippen LogP contribution in [0.3, 0.4) is 0 Å². The van der Waals surface area contributed by atoms with E-state index in [1.165, 1.54) is 97.7 Å². The van der Waals surface area contributed by atoms with Gasteiger partial charge < -0.3 is 0 Å². The number of benzene rings is 5. The zero-order valence-electron chi connectivity index (χ0n) is 22.1. The van der Waals surface area contributed by atoms with E-state index >= 15 is 0 Å². The van der Waals surface area contributed by atoms with Crippen molar-refractivity contribution in [2.24, 2.45) is 0 Å². The molecule has 0 N–H and O–H groups in total. The van der Waals surface area contributed by atoms with Gasteiger partial charge in [0.2, 0.25) is 0 Å². The van der Waals surface area contributed by atoms with Crippen LogP contribution in [0, 0.1) is 0 Å². The highest BCUT2D eigenvalue weighted by Gasteiger charge is 2.32. The van der Waals surface area contributed by atoms with Crippen LogP contribution in [0.15, 0.2) is 96.6 Å². The molecule has 3 aliphatic rings. The Balaban J connectivity index is 1.32. The first kappa shape index (κ1) is 22.1. The fourth-order valence-electron chi connectivity index (χ4n) is 7.60. The van der Waals surface area contributed by atoms with Gasteiger partial charge in [-0.05, 0) is 104 Å². The summed E-state index contributed by atoms with van der Waals surface area (Å²) in [6.07, 6.45) is 9.58. The first-order valence-corrected chi connectivity index (χ1v) is 14.4. The molecule has 0 fully saturated rings. The molecule has 1 atom stereocenters. The van der Waals surface area contributed by atoms with Gasteiger partial charge in [0.1, 0.15) is 0 Å². The molecule has 0 amide bonds. The van der Waals surface area contributed by atoms with Crippen LogP contribution < -0.4 is 0 Å². The molecule has 0 heterocycles. The number of allylic oxidation sites excluding steroid dienone is 1. The lowest BCUT2D eigenvalue weighted by molar-refractivity contribution is 0.753. The number of rotatable bonds is 5. The van der Waals surface area contributed by atoms with Crippen LogP contribution >= 0.6 is 0 Å². The molecule has 1 unspecified atom stereocenters. The lowest BCUT2D eigenvalue weighted by Crippen LogP contribution is -2.05. The Bertz CT molecular complexity index is 1770. The number of hydrogen-bond donors (Lipinski definition) is 0. The van der Waals surface area contributed by atoms with E-state index in [9.17, 15) is 0 Å². The molecule has 5 aromatic rings. The van der Waals surface area contributed by atoms with Crippen molar-refractivity contribution in [3.63, 3.8) is 0 Å². The maximum atomic E-state index is 2.57. The minimum Gasteiger partial charge on any atom is -0.0654 e. The summed E-state index contributed by atoms with van der Waals surface area (Å²) in [7, 11) is 0. The average molecular weight is 489 g/mol.